The van der Waals surface area contributed by atoms with Gasteiger partial charge in [-0.2, -0.15) is 0 Å². The van der Waals surface area contributed by atoms with Crippen LogP contribution in [0.5, 0.6) is 0 Å². The highest BCUT2D eigenvalue weighted by Crippen LogP contribution is 2.40. The van der Waals surface area contributed by atoms with E-state index in [4.69, 9.17) is 9.97 Å². The maximum Gasteiger partial charge on any atom is 0.137 e. The molecule has 1 atom stereocenters. The zero-order valence-corrected chi connectivity index (χ0v) is 13.7. The first-order valence-electron chi connectivity index (χ1n) is 8.17. The van der Waals surface area contributed by atoms with Crippen molar-refractivity contribution in [1.29, 1.82) is 0 Å². The molecule has 0 bridgehead atoms. The Morgan fingerprint density at radius 3 is 2.62 bits per heavy atom. The van der Waals surface area contributed by atoms with Gasteiger partial charge in [-0.1, -0.05) is 0 Å². The van der Waals surface area contributed by atoms with Crippen LogP contribution in [0.25, 0.3) is 0 Å². The molecule has 1 saturated heterocycles. The van der Waals surface area contributed by atoms with E-state index in [0.717, 1.165) is 43.6 Å². The molecule has 2 heterocycles. The second-order valence-corrected chi connectivity index (χ2v) is 6.46. The van der Waals surface area contributed by atoms with E-state index in [2.05, 4.69) is 42.9 Å². The third kappa shape index (κ3) is 2.98. The summed E-state index contributed by atoms with van der Waals surface area (Å²) >= 11 is 0. The minimum atomic E-state index is 0.570. The summed E-state index contributed by atoms with van der Waals surface area (Å²) in [6.45, 7) is 10.7. The summed E-state index contributed by atoms with van der Waals surface area (Å²) in [6, 6.07) is 0.570. The Balaban J connectivity index is 1.92. The van der Waals surface area contributed by atoms with Crippen LogP contribution < -0.4 is 10.2 Å². The quantitative estimate of drug-likeness (QED) is 0.921. The number of nitrogens with one attached hydrogen (secondary N) is 1. The largest absolute Gasteiger partial charge is 0.370 e. The molecule has 0 spiro atoms. The van der Waals surface area contributed by atoms with Crippen LogP contribution >= 0.6 is 0 Å². The molecule has 1 aliphatic heterocycles. The lowest BCUT2D eigenvalue weighted by atomic mass is 10.1. The van der Waals surface area contributed by atoms with Crippen LogP contribution in [-0.4, -0.2) is 54.1 Å². The number of hydrogen-bond acceptors (Lipinski definition) is 5. The lowest BCUT2D eigenvalue weighted by molar-refractivity contribution is 0.233. The smallest absolute Gasteiger partial charge is 0.137 e. The Morgan fingerprint density at radius 2 is 2.00 bits per heavy atom. The first kappa shape index (κ1) is 14.6. The fourth-order valence-corrected chi connectivity index (χ4v) is 2.93. The zero-order chi connectivity index (χ0) is 15.0. The molecular weight excluding hydrogens is 262 g/mol. The SMILES string of the molecule is CCNc1nc(C2CC2)nc(N2CCN(C)C(C)C2)c1C. The number of likely N-dealkylation sites (N-methyl/N-ethyl adjacent to an activating group) is 1. The highest BCUT2D eigenvalue weighted by atomic mass is 15.3. The molecule has 0 amide bonds. The average molecular weight is 289 g/mol. The number of piperazine rings is 1. The molecular formula is C16H27N5. The van der Waals surface area contributed by atoms with E-state index in [1.807, 2.05) is 0 Å². The van der Waals surface area contributed by atoms with Crippen LogP contribution in [0.3, 0.4) is 0 Å². The standard InChI is InChI=1S/C16H27N5/c1-5-17-14-12(3)16(19-15(18-14)13-6-7-13)21-9-8-20(4)11(2)10-21/h11,13H,5-10H2,1-4H3,(H,17,18,19). The summed E-state index contributed by atoms with van der Waals surface area (Å²) in [5.41, 5.74) is 1.19. The Kier molecular flexibility index (Phi) is 4.02. The fourth-order valence-electron chi connectivity index (χ4n) is 2.93. The van der Waals surface area contributed by atoms with Crippen molar-refractivity contribution in [2.45, 2.75) is 45.6 Å². The van der Waals surface area contributed by atoms with Crippen LogP contribution in [-0.2, 0) is 0 Å². The molecule has 1 N–H and O–H groups in total. The molecule has 2 aliphatic rings. The fraction of sp³-hybridized carbons (Fsp3) is 0.750. The van der Waals surface area contributed by atoms with Crippen LogP contribution in [0.1, 0.15) is 44.0 Å². The molecule has 3 rings (SSSR count). The molecule has 21 heavy (non-hydrogen) atoms. The van der Waals surface area contributed by atoms with Gasteiger partial charge in [0.05, 0.1) is 0 Å². The molecule has 5 heteroatoms. The Hall–Kier alpha value is -1.36. The Labute approximate surface area is 127 Å². The van der Waals surface area contributed by atoms with E-state index in [9.17, 15) is 0 Å². The minimum Gasteiger partial charge on any atom is -0.370 e. The predicted octanol–water partition coefficient (Wildman–Crippen LogP) is 2.23. The van der Waals surface area contributed by atoms with Gasteiger partial charge in [0.25, 0.3) is 0 Å². The Bertz CT molecular complexity index is 512. The van der Waals surface area contributed by atoms with Gasteiger partial charge in [-0.25, -0.2) is 9.97 Å². The normalized spacial score (nSPS) is 23.4. The van der Waals surface area contributed by atoms with E-state index in [1.165, 1.54) is 18.4 Å². The maximum atomic E-state index is 4.92. The maximum absolute atomic E-state index is 4.92. The monoisotopic (exact) mass is 289 g/mol. The summed E-state index contributed by atoms with van der Waals surface area (Å²) < 4.78 is 0. The van der Waals surface area contributed by atoms with Crippen LogP contribution in [0, 0.1) is 6.92 Å². The van der Waals surface area contributed by atoms with Crippen LogP contribution in [0.15, 0.2) is 0 Å². The number of nitrogens with zero attached hydrogens (tertiary/aromatic N) is 4. The van der Waals surface area contributed by atoms with Crippen molar-refractivity contribution in [3.8, 4) is 0 Å². The average Bonchev–Trinajstić information content (AvgIpc) is 3.29. The van der Waals surface area contributed by atoms with Crippen molar-refractivity contribution in [3.63, 3.8) is 0 Å². The number of hydrogen-bond donors (Lipinski definition) is 1. The van der Waals surface area contributed by atoms with Gasteiger partial charge in [0.1, 0.15) is 17.5 Å². The van der Waals surface area contributed by atoms with Crippen molar-refractivity contribution in [1.82, 2.24) is 14.9 Å². The Morgan fingerprint density at radius 1 is 1.24 bits per heavy atom. The third-order valence-electron chi connectivity index (χ3n) is 4.68. The molecule has 116 valence electrons. The van der Waals surface area contributed by atoms with E-state index in [1.54, 1.807) is 0 Å². The second-order valence-electron chi connectivity index (χ2n) is 6.46. The third-order valence-corrected chi connectivity index (χ3v) is 4.68. The summed E-state index contributed by atoms with van der Waals surface area (Å²) in [4.78, 5) is 14.5. The lowest BCUT2D eigenvalue weighted by Crippen LogP contribution is -2.50. The molecule has 5 nitrogen and oxygen atoms in total. The van der Waals surface area contributed by atoms with Gasteiger partial charge in [-0.05, 0) is 40.7 Å². The highest BCUT2D eigenvalue weighted by molar-refractivity contribution is 5.59. The van der Waals surface area contributed by atoms with Gasteiger partial charge in [0, 0.05) is 43.7 Å². The number of aromatic nitrogens is 2. The van der Waals surface area contributed by atoms with E-state index < -0.39 is 0 Å². The van der Waals surface area contributed by atoms with Crippen molar-refractivity contribution in [3.05, 3.63) is 11.4 Å². The topological polar surface area (TPSA) is 44.3 Å². The molecule has 1 aromatic rings. The molecule has 1 aromatic heterocycles. The minimum absolute atomic E-state index is 0.570. The van der Waals surface area contributed by atoms with Crippen molar-refractivity contribution >= 4 is 11.6 Å². The summed E-state index contributed by atoms with van der Waals surface area (Å²) in [5.74, 6) is 3.79. The summed E-state index contributed by atoms with van der Waals surface area (Å²) in [7, 11) is 2.20. The molecule has 1 saturated carbocycles. The molecule has 1 unspecified atom stereocenters. The van der Waals surface area contributed by atoms with Gasteiger partial charge in [0.2, 0.25) is 0 Å². The first-order chi connectivity index (χ1) is 10.1. The molecule has 0 aromatic carbocycles. The zero-order valence-electron chi connectivity index (χ0n) is 13.7. The van der Waals surface area contributed by atoms with Gasteiger partial charge >= 0.3 is 0 Å². The van der Waals surface area contributed by atoms with Crippen LogP contribution in [0.4, 0.5) is 11.6 Å². The lowest BCUT2D eigenvalue weighted by Gasteiger charge is -2.39. The van der Waals surface area contributed by atoms with Crippen molar-refractivity contribution in [2.24, 2.45) is 0 Å². The van der Waals surface area contributed by atoms with E-state index >= 15 is 0 Å². The summed E-state index contributed by atoms with van der Waals surface area (Å²) in [5, 5.41) is 3.41. The van der Waals surface area contributed by atoms with Crippen molar-refractivity contribution in [2.75, 3.05) is 43.4 Å². The predicted molar refractivity (Wildman–Crippen MR) is 87.2 cm³/mol. The highest BCUT2D eigenvalue weighted by Gasteiger charge is 2.30. The second kappa shape index (κ2) is 5.79. The molecule has 2 fully saturated rings. The first-order valence-corrected chi connectivity index (χ1v) is 8.17. The summed E-state index contributed by atoms with van der Waals surface area (Å²) in [6.07, 6.45) is 2.49. The molecule has 0 radical (unpaired) electrons. The van der Waals surface area contributed by atoms with Gasteiger partial charge < -0.3 is 15.1 Å². The number of anilines is 2. The van der Waals surface area contributed by atoms with Gasteiger partial charge in [-0.15, -0.1) is 0 Å². The van der Waals surface area contributed by atoms with Crippen LogP contribution in [0.2, 0.25) is 0 Å². The van der Waals surface area contributed by atoms with Crippen molar-refractivity contribution < 1.29 is 0 Å². The molecule has 1 aliphatic carbocycles. The van der Waals surface area contributed by atoms with E-state index in [-0.39, 0.29) is 0 Å². The van der Waals surface area contributed by atoms with Gasteiger partial charge in [-0.3, -0.25) is 0 Å². The van der Waals surface area contributed by atoms with Gasteiger partial charge in [0.15, 0.2) is 0 Å². The number of rotatable bonds is 4. The van der Waals surface area contributed by atoms with E-state index in [0.29, 0.717) is 12.0 Å².